The Morgan fingerprint density at radius 1 is 0.935 bits per heavy atom. The minimum atomic E-state index is -3.90. The number of ketones is 1. The van der Waals surface area contributed by atoms with E-state index in [2.05, 4.69) is 9.71 Å². The van der Waals surface area contributed by atoms with E-state index in [9.17, 15) is 27.2 Å². The lowest BCUT2D eigenvalue weighted by Crippen LogP contribution is -2.48. The van der Waals surface area contributed by atoms with Crippen LogP contribution in [-0.2, 0) is 26.2 Å². The molecule has 6 rings (SSSR count). The zero-order chi connectivity index (χ0) is 32.4. The molecule has 252 valence electrons. The quantitative estimate of drug-likeness (QED) is 0.347. The maximum atomic E-state index is 14.2. The molecular weight excluding hydrogens is 607 g/mol. The highest BCUT2D eigenvalue weighted by Gasteiger charge is 2.46. The number of aromatic nitrogens is 1. The number of nitrogens with one attached hydrogen (secondary N) is 2. The number of rotatable bonds is 10. The normalized spacial score (nSPS) is 27.2. The molecule has 4 fully saturated rings. The average Bonchev–Trinajstić information content (AvgIpc) is 3.85. The third-order valence-corrected chi connectivity index (χ3v) is 12.9. The van der Waals surface area contributed by atoms with Crippen molar-refractivity contribution in [3.05, 3.63) is 35.5 Å². The molecule has 3 atom stereocenters. The van der Waals surface area contributed by atoms with Gasteiger partial charge in [0.05, 0.1) is 12.7 Å². The van der Waals surface area contributed by atoms with Crippen LogP contribution >= 0.6 is 0 Å². The molecule has 2 aliphatic heterocycles. The van der Waals surface area contributed by atoms with Crippen molar-refractivity contribution >= 4 is 38.7 Å². The molecule has 3 heterocycles. The molecule has 0 unspecified atom stereocenters. The van der Waals surface area contributed by atoms with Crippen molar-refractivity contribution in [3.63, 3.8) is 0 Å². The fourth-order valence-corrected chi connectivity index (χ4v) is 9.93. The van der Waals surface area contributed by atoms with Gasteiger partial charge in [0.1, 0.15) is 5.69 Å². The summed E-state index contributed by atoms with van der Waals surface area (Å²) in [4.78, 5) is 45.9. The lowest BCUT2D eigenvalue weighted by Gasteiger charge is -2.37. The van der Waals surface area contributed by atoms with Gasteiger partial charge in [-0.2, -0.15) is 12.7 Å². The molecule has 11 heteroatoms. The first-order chi connectivity index (χ1) is 22.1. The molecule has 9 nitrogen and oxygen atoms in total. The first kappa shape index (κ1) is 33.1. The zero-order valence-corrected chi connectivity index (χ0v) is 27.8. The number of alkyl halides is 1. The summed E-state index contributed by atoms with van der Waals surface area (Å²) in [5.41, 5.74) is 1.62. The van der Waals surface area contributed by atoms with Gasteiger partial charge in [0.25, 0.3) is 5.91 Å². The van der Waals surface area contributed by atoms with Gasteiger partial charge in [0.2, 0.25) is 5.91 Å². The van der Waals surface area contributed by atoms with Crippen LogP contribution in [0.15, 0.2) is 24.3 Å². The number of aromatic amines is 1. The first-order valence-electron chi connectivity index (χ1n) is 17.5. The molecule has 1 aromatic carbocycles. The van der Waals surface area contributed by atoms with Gasteiger partial charge in [-0.25, -0.2) is 4.72 Å². The molecule has 2 saturated carbocycles. The molecule has 2 N–H and O–H groups in total. The van der Waals surface area contributed by atoms with E-state index in [4.69, 9.17) is 0 Å². The number of halogens is 1. The first-order valence-corrected chi connectivity index (χ1v) is 18.9. The Kier molecular flexibility index (Phi) is 10.2. The van der Waals surface area contributed by atoms with Crippen molar-refractivity contribution < 1.29 is 27.2 Å². The minimum absolute atomic E-state index is 0.0265. The number of hydrogen-bond donors (Lipinski definition) is 2. The van der Waals surface area contributed by atoms with Gasteiger partial charge in [-0.15, -0.1) is 0 Å². The number of Topliss-reactive ketones (excluding diaryl/α,β-unsaturated/α-hetero) is 1. The summed E-state index contributed by atoms with van der Waals surface area (Å²) in [6, 6.07) is 6.74. The number of carbonyl (C=O) groups excluding carboxylic acids is 3. The van der Waals surface area contributed by atoms with Gasteiger partial charge >= 0.3 is 10.2 Å². The summed E-state index contributed by atoms with van der Waals surface area (Å²) in [5.74, 6) is 0.315. The molecular formula is C35H49FN4O5S. The largest absolute Gasteiger partial charge is 0.350 e. The number of carbonyl (C=O) groups is 3. The highest BCUT2D eigenvalue weighted by molar-refractivity contribution is 7.87. The molecule has 2 aromatic rings. The van der Waals surface area contributed by atoms with Crippen LogP contribution in [0.5, 0.6) is 0 Å². The molecule has 0 spiro atoms. The van der Waals surface area contributed by atoms with Crippen molar-refractivity contribution in [2.45, 2.75) is 96.4 Å². The van der Waals surface area contributed by atoms with Crippen LogP contribution in [0.4, 0.5) is 4.39 Å². The lowest BCUT2D eigenvalue weighted by molar-refractivity contribution is -0.143. The zero-order valence-electron chi connectivity index (χ0n) is 27.0. The van der Waals surface area contributed by atoms with Crippen LogP contribution in [0.1, 0.15) is 100 Å². The highest BCUT2D eigenvalue weighted by atomic mass is 32.2. The van der Waals surface area contributed by atoms with Gasteiger partial charge in [-0.3, -0.25) is 18.8 Å². The highest BCUT2D eigenvalue weighted by Crippen LogP contribution is 2.42. The number of hydrogen-bond acceptors (Lipinski definition) is 5. The van der Waals surface area contributed by atoms with Crippen molar-refractivity contribution in [1.82, 2.24) is 18.9 Å². The molecule has 2 amide bonds. The van der Waals surface area contributed by atoms with Crippen molar-refractivity contribution in [2.75, 3.05) is 26.3 Å². The summed E-state index contributed by atoms with van der Waals surface area (Å²) >= 11 is 0. The fourth-order valence-electron chi connectivity index (χ4n) is 8.71. The summed E-state index contributed by atoms with van der Waals surface area (Å²) in [6.07, 6.45) is 11.6. The van der Waals surface area contributed by atoms with E-state index in [0.29, 0.717) is 37.0 Å². The number of H-pyrrole nitrogens is 1. The summed E-state index contributed by atoms with van der Waals surface area (Å²) in [7, 11) is -3.90. The predicted octanol–water partition coefficient (Wildman–Crippen LogP) is 5.56. The van der Waals surface area contributed by atoms with E-state index in [1.54, 1.807) is 6.07 Å². The molecule has 0 bridgehead atoms. The predicted molar refractivity (Wildman–Crippen MR) is 175 cm³/mol. The molecule has 1 aromatic heterocycles. The van der Waals surface area contributed by atoms with Gasteiger partial charge in [0.15, 0.2) is 5.78 Å². The van der Waals surface area contributed by atoms with E-state index in [0.717, 1.165) is 68.7 Å². The SMILES string of the molecule is C[C@H](CF)C1CCC(C(=O)N2CC[C@@H](C3CCCCC3)[C@H]2C(=O)Cc2ccc3[nH]c(C(=O)NS(=O)(=O)N4CCCC4)cc3c2)CC1. The Hall–Kier alpha value is -2.79. The van der Waals surface area contributed by atoms with Gasteiger partial charge < -0.3 is 9.88 Å². The number of fused-ring (bicyclic) bond motifs is 1. The van der Waals surface area contributed by atoms with E-state index in [1.807, 2.05) is 30.0 Å². The maximum Gasteiger partial charge on any atom is 0.304 e. The lowest BCUT2D eigenvalue weighted by atomic mass is 9.74. The van der Waals surface area contributed by atoms with Crippen LogP contribution in [0.25, 0.3) is 10.9 Å². The van der Waals surface area contributed by atoms with E-state index < -0.39 is 22.2 Å². The van der Waals surface area contributed by atoms with Gasteiger partial charge in [0, 0.05) is 42.9 Å². The Morgan fingerprint density at radius 2 is 1.65 bits per heavy atom. The molecule has 2 saturated heterocycles. The number of benzene rings is 1. The van der Waals surface area contributed by atoms with Gasteiger partial charge in [-0.05, 0) is 92.4 Å². The van der Waals surface area contributed by atoms with Crippen LogP contribution in [0.2, 0.25) is 0 Å². The Morgan fingerprint density at radius 3 is 2.35 bits per heavy atom. The van der Waals surface area contributed by atoms with E-state index >= 15 is 0 Å². The Labute approximate surface area is 272 Å². The molecule has 0 radical (unpaired) electrons. The molecule has 46 heavy (non-hydrogen) atoms. The summed E-state index contributed by atoms with van der Waals surface area (Å²) in [5, 5.41) is 0.719. The Balaban J connectivity index is 1.17. The minimum Gasteiger partial charge on any atom is -0.350 e. The monoisotopic (exact) mass is 656 g/mol. The number of likely N-dealkylation sites (tertiary alicyclic amines) is 1. The summed E-state index contributed by atoms with van der Waals surface area (Å²) < 4.78 is 42.0. The average molecular weight is 657 g/mol. The van der Waals surface area contributed by atoms with E-state index in [-0.39, 0.29) is 48.2 Å². The van der Waals surface area contributed by atoms with Crippen molar-refractivity contribution in [3.8, 4) is 0 Å². The fraction of sp³-hybridized carbons (Fsp3) is 0.686. The second kappa shape index (κ2) is 14.1. The number of nitrogens with zero attached hydrogens (tertiary/aromatic N) is 2. The van der Waals surface area contributed by atoms with Crippen LogP contribution in [0, 0.1) is 29.6 Å². The van der Waals surface area contributed by atoms with Crippen LogP contribution in [0.3, 0.4) is 0 Å². The standard InChI is InChI=1S/C35H49FN4O5S/c1-23(22-36)25-10-12-27(13-11-25)35(43)40-18-15-29(26-7-3-2-4-8-26)33(40)32(41)20-24-9-14-30-28(19-24)21-31(37-30)34(42)38-46(44,45)39-16-5-6-17-39/h9,14,19,21,23,25-27,29,33,37H,2-8,10-13,15-18,20,22H2,1H3,(H,38,42)/t23-,25?,27?,29+,33+/m1/s1. The van der Waals surface area contributed by atoms with Crippen LogP contribution in [-0.4, -0.2) is 72.6 Å². The van der Waals surface area contributed by atoms with Crippen molar-refractivity contribution in [1.29, 1.82) is 0 Å². The second-order valence-corrected chi connectivity index (χ2v) is 16.0. The summed E-state index contributed by atoms with van der Waals surface area (Å²) in [6.45, 7) is 3.06. The number of amides is 2. The third kappa shape index (κ3) is 7.05. The van der Waals surface area contributed by atoms with Crippen molar-refractivity contribution in [2.24, 2.45) is 29.6 Å². The van der Waals surface area contributed by atoms with Gasteiger partial charge in [-0.1, -0.05) is 45.1 Å². The van der Waals surface area contributed by atoms with E-state index in [1.165, 1.54) is 23.6 Å². The van der Waals surface area contributed by atoms with Crippen LogP contribution < -0.4 is 4.72 Å². The molecule has 2 aliphatic carbocycles. The maximum absolute atomic E-state index is 14.2. The smallest absolute Gasteiger partial charge is 0.304 e. The second-order valence-electron chi connectivity index (χ2n) is 14.4. The third-order valence-electron chi connectivity index (χ3n) is 11.4. The molecule has 4 aliphatic rings. The topological polar surface area (TPSA) is 120 Å². The Bertz CT molecular complexity index is 1520.